The van der Waals surface area contributed by atoms with E-state index in [0.29, 0.717) is 22.6 Å². The number of unbranched alkanes of at least 4 members (excludes halogenated alkanes) is 1. The van der Waals surface area contributed by atoms with Crippen LogP contribution in [0.15, 0.2) is 64.5 Å². The zero-order valence-corrected chi connectivity index (χ0v) is 18.7. The molecule has 0 aliphatic carbocycles. The molecule has 2 aromatic carbocycles. The van der Waals surface area contributed by atoms with Gasteiger partial charge in [0.1, 0.15) is 0 Å². The van der Waals surface area contributed by atoms with Gasteiger partial charge in [0.2, 0.25) is 5.91 Å². The average molecular weight is 424 g/mol. The number of amides is 1. The normalized spacial score (nSPS) is 12.1. The van der Waals surface area contributed by atoms with Crippen molar-refractivity contribution in [3.63, 3.8) is 0 Å². The molecule has 0 saturated heterocycles. The number of thioether (sulfide) groups is 1. The number of para-hydroxylation sites is 1. The predicted molar refractivity (Wildman–Crippen MR) is 124 cm³/mol. The van der Waals surface area contributed by atoms with E-state index in [1.165, 1.54) is 11.8 Å². The topological polar surface area (TPSA) is 55.2 Å². The van der Waals surface area contributed by atoms with Gasteiger partial charge in [0.05, 0.1) is 22.7 Å². The first-order valence-corrected chi connectivity index (χ1v) is 11.5. The number of benzene rings is 2. The Morgan fingerprint density at radius 3 is 2.50 bits per heavy atom. The van der Waals surface area contributed by atoms with Crippen LogP contribution in [0.5, 0.6) is 0 Å². The number of aromatic nitrogens is 2. The van der Waals surface area contributed by atoms with Crippen LogP contribution in [0, 0.1) is 0 Å². The molecule has 1 heterocycles. The van der Waals surface area contributed by atoms with E-state index in [4.69, 9.17) is 4.98 Å². The summed E-state index contributed by atoms with van der Waals surface area (Å²) in [7, 11) is 0. The van der Waals surface area contributed by atoms with Gasteiger partial charge in [-0.3, -0.25) is 14.2 Å². The summed E-state index contributed by atoms with van der Waals surface area (Å²) in [4.78, 5) is 32.7. The molecule has 0 spiro atoms. The lowest BCUT2D eigenvalue weighted by atomic mass is 10.1. The second kappa shape index (κ2) is 10.4. The van der Waals surface area contributed by atoms with Crippen LogP contribution in [0.25, 0.3) is 10.9 Å². The van der Waals surface area contributed by atoms with Crippen molar-refractivity contribution in [1.82, 2.24) is 14.5 Å². The van der Waals surface area contributed by atoms with E-state index in [9.17, 15) is 9.59 Å². The van der Waals surface area contributed by atoms with E-state index in [1.54, 1.807) is 4.57 Å². The number of carbonyl (C=O) groups is 1. The van der Waals surface area contributed by atoms with Crippen LogP contribution in [0.3, 0.4) is 0 Å². The minimum Gasteiger partial charge on any atom is -0.342 e. The van der Waals surface area contributed by atoms with E-state index < -0.39 is 0 Å². The standard InChI is InChI=1S/C24H29N3O2S/c1-4-6-16-26(5-2)22(28)17-30-24-25-21-15-11-10-14-20(21)23(29)27(24)18(3)19-12-8-7-9-13-19/h7-15,18H,4-6,16-17H2,1-3H3/t18-/m0/s1. The fourth-order valence-corrected chi connectivity index (χ4v) is 4.45. The molecule has 6 heteroatoms. The van der Waals surface area contributed by atoms with Gasteiger partial charge in [0.25, 0.3) is 5.56 Å². The van der Waals surface area contributed by atoms with Crippen LogP contribution < -0.4 is 5.56 Å². The van der Waals surface area contributed by atoms with Crippen molar-refractivity contribution in [2.24, 2.45) is 0 Å². The summed E-state index contributed by atoms with van der Waals surface area (Å²) in [6.07, 6.45) is 2.05. The molecule has 5 nitrogen and oxygen atoms in total. The quantitative estimate of drug-likeness (QED) is 0.368. The highest BCUT2D eigenvalue weighted by molar-refractivity contribution is 7.99. The van der Waals surface area contributed by atoms with Crippen LogP contribution in [0.1, 0.15) is 45.2 Å². The fraction of sp³-hybridized carbons (Fsp3) is 0.375. The van der Waals surface area contributed by atoms with Crippen molar-refractivity contribution >= 4 is 28.6 Å². The van der Waals surface area contributed by atoms with Crippen LogP contribution in [0.4, 0.5) is 0 Å². The van der Waals surface area contributed by atoms with Crippen LogP contribution in [0.2, 0.25) is 0 Å². The molecule has 3 aromatic rings. The van der Waals surface area contributed by atoms with Gasteiger partial charge in [-0.15, -0.1) is 0 Å². The van der Waals surface area contributed by atoms with Gasteiger partial charge in [-0.05, 0) is 38.0 Å². The molecular formula is C24H29N3O2S. The molecule has 1 aromatic heterocycles. The lowest BCUT2D eigenvalue weighted by molar-refractivity contribution is -0.128. The van der Waals surface area contributed by atoms with Crippen molar-refractivity contribution < 1.29 is 4.79 Å². The number of rotatable bonds is 9. The second-order valence-electron chi connectivity index (χ2n) is 7.29. The predicted octanol–water partition coefficient (Wildman–Crippen LogP) is 4.75. The zero-order chi connectivity index (χ0) is 21.5. The first kappa shape index (κ1) is 22.1. The third kappa shape index (κ3) is 4.93. The lowest BCUT2D eigenvalue weighted by Crippen LogP contribution is -2.33. The van der Waals surface area contributed by atoms with Gasteiger partial charge in [0.15, 0.2) is 5.16 Å². The molecule has 1 amide bonds. The highest BCUT2D eigenvalue weighted by atomic mass is 32.2. The summed E-state index contributed by atoms with van der Waals surface area (Å²) in [6.45, 7) is 7.58. The number of fused-ring (bicyclic) bond motifs is 1. The number of hydrogen-bond donors (Lipinski definition) is 0. The van der Waals surface area contributed by atoms with E-state index >= 15 is 0 Å². The Morgan fingerprint density at radius 1 is 1.10 bits per heavy atom. The number of nitrogens with zero attached hydrogens (tertiary/aromatic N) is 3. The van der Waals surface area contributed by atoms with Crippen LogP contribution in [-0.2, 0) is 4.79 Å². The fourth-order valence-electron chi connectivity index (χ4n) is 3.48. The highest BCUT2D eigenvalue weighted by Gasteiger charge is 2.20. The Hall–Kier alpha value is -2.60. The van der Waals surface area contributed by atoms with E-state index in [2.05, 4.69) is 6.92 Å². The molecule has 0 fully saturated rings. The maximum Gasteiger partial charge on any atom is 0.262 e. The molecule has 0 radical (unpaired) electrons. The molecular weight excluding hydrogens is 394 g/mol. The SMILES string of the molecule is CCCCN(CC)C(=O)CSc1nc2ccccc2c(=O)n1[C@@H](C)c1ccccc1. The Balaban J connectivity index is 1.96. The molecule has 158 valence electrons. The third-order valence-electron chi connectivity index (χ3n) is 5.29. The maximum absolute atomic E-state index is 13.4. The molecule has 0 N–H and O–H groups in total. The van der Waals surface area contributed by atoms with Gasteiger partial charge < -0.3 is 4.90 Å². The van der Waals surface area contributed by atoms with Crippen molar-refractivity contribution in [3.8, 4) is 0 Å². The molecule has 0 saturated carbocycles. The smallest absolute Gasteiger partial charge is 0.262 e. The minimum atomic E-state index is -0.184. The molecule has 0 aliphatic rings. The van der Waals surface area contributed by atoms with Crippen molar-refractivity contribution in [1.29, 1.82) is 0 Å². The van der Waals surface area contributed by atoms with E-state index in [0.717, 1.165) is 24.9 Å². The summed E-state index contributed by atoms with van der Waals surface area (Å²) in [5.74, 6) is 0.349. The van der Waals surface area contributed by atoms with E-state index in [-0.39, 0.29) is 23.3 Å². The summed E-state index contributed by atoms with van der Waals surface area (Å²) < 4.78 is 1.72. The van der Waals surface area contributed by atoms with E-state index in [1.807, 2.05) is 73.3 Å². The Kier molecular flexibility index (Phi) is 7.69. The van der Waals surface area contributed by atoms with Gasteiger partial charge in [0, 0.05) is 13.1 Å². The molecule has 0 bridgehead atoms. The summed E-state index contributed by atoms with van der Waals surface area (Å²) in [5.41, 5.74) is 1.61. The van der Waals surface area contributed by atoms with Gasteiger partial charge in [-0.25, -0.2) is 4.98 Å². The first-order chi connectivity index (χ1) is 14.6. The second-order valence-corrected chi connectivity index (χ2v) is 8.23. The number of hydrogen-bond acceptors (Lipinski definition) is 4. The Bertz CT molecular complexity index is 1050. The van der Waals surface area contributed by atoms with Gasteiger partial charge in [-0.2, -0.15) is 0 Å². The van der Waals surface area contributed by atoms with Crippen LogP contribution >= 0.6 is 11.8 Å². The third-order valence-corrected chi connectivity index (χ3v) is 6.22. The zero-order valence-electron chi connectivity index (χ0n) is 17.9. The monoisotopic (exact) mass is 423 g/mol. The van der Waals surface area contributed by atoms with Gasteiger partial charge in [-0.1, -0.05) is 67.6 Å². The molecule has 1 atom stereocenters. The molecule has 3 rings (SSSR count). The number of carbonyl (C=O) groups excluding carboxylic acids is 1. The molecule has 30 heavy (non-hydrogen) atoms. The Labute approximate surface area is 182 Å². The van der Waals surface area contributed by atoms with Crippen LogP contribution in [-0.4, -0.2) is 39.2 Å². The summed E-state index contributed by atoms with van der Waals surface area (Å²) >= 11 is 1.34. The largest absolute Gasteiger partial charge is 0.342 e. The Morgan fingerprint density at radius 2 is 1.80 bits per heavy atom. The maximum atomic E-state index is 13.4. The lowest BCUT2D eigenvalue weighted by Gasteiger charge is -2.22. The van der Waals surface area contributed by atoms with Crippen molar-refractivity contribution in [2.75, 3.05) is 18.8 Å². The first-order valence-electron chi connectivity index (χ1n) is 10.5. The minimum absolute atomic E-state index is 0.0785. The molecule has 0 unspecified atom stereocenters. The summed E-state index contributed by atoms with van der Waals surface area (Å²) in [5, 5.41) is 1.17. The average Bonchev–Trinajstić information content (AvgIpc) is 2.78. The highest BCUT2D eigenvalue weighted by Crippen LogP contribution is 2.25. The molecule has 0 aliphatic heterocycles. The summed E-state index contributed by atoms with van der Waals surface area (Å²) in [6, 6.07) is 17.1. The van der Waals surface area contributed by atoms with Gasteiger partial charge >= 0.3 is 0 Å². The van der Waals surface area contributed by atoms with Crippen molar-refractivity contribution in [2.45, 2.75) is 44.8 Å². The van der Waals surface area contributed by atoms with Crippen molar-refractivity contribution in [3.05, 3.63) is 70.5 Å².